The van der Waals surface area contributed by atoms with Gasteiger partial charge in [-0.1, -0.05) is 105 Å². The first-order valence-electron chi connectivity index (χ1n) is 20.9. The molecular weight excluding hydrogens is 673 g/mol. The Hall–Kier alpha value is -4.10. The minimum Gasteiger partial charge on any atom is -0.508 e. The highest BCUT2D eigenvalue weighted by atomic mass is 16.6. The summed E-state index contributed by atoms with van der Waals surface area (Å²) in [7, 11) is 0. The normalized spacial score (nSPS) is 23.6. The number of benzene rings is 3. The molecule has 7 nitrogen and oxygen atoms in total. The number of likely N-dealkylation sites (tertiary alicyclic amines) is 1. The smallest absolute Gasteiger partial charge is 0.308 e. The number of rotatable bonds is 19. The Labute approximate surface area is 322 Å². The number of carbonyl (C=O) groups excluding carboxylic acids is 2. The van der Waals surface area contributed by atoms with Crippen LogP contribution < -0.4 is 9.47 Å². The Kier molecular flexibility index (Phi) is 12.4. The van der Waals surface area contributed by atoms with Crippen molar-refractivity contribution in [3.63, 3.8) is 0 Å². The highest BCUT2D eigenvalue weighted by molar-refractivity contribution is 5.77. The average molecular weight is 733 g/mol. The molecule has 4 aliphatic rings. The summed E-state index contributed by atoms with van der Waals surface area (Å²) in [6.07, 6.45) is 18.1. The molecule has 2 heterocycles. The van der Waals surface area contributed by atoms with Gasteiger partial charge in [-0.2, -0.15) is 0 Å². The summed E-state index contributed by atoms with van der Waals surface area (Å²) in [5.74, 6) is 1.17. The number of phenolic OH excluding ortho intramolecular Hbond substituents is 1. The van der Waals surface area contributed by atoms with Gasteiger partial charge in [0.15, 0.2) is 11.5 Å². The maximum atomic E-state index is 14.4. The van der Waals surface area contributed by atoms with E-state index in [1.807, 2.05) is 12.1 Å². The number of hydrogen-bond acceptors (Lipinski definition) is 6. The van der Waals surface area contributed by atoms with Crippen molar-refractivity contribution in [3.8, 4) is 17.2 Å². The van der Waals surface area contributed by atoms with E-state index in [4.69, 9.17) is 9.47 Å². The fourth-order valence-corrected chi connectivity index (χ4v) is 10.6. The van der Waals surface area contributed by atoms with Gasteiger partial charge in [-0.3, -0.25) is 14.5 Å². The van der Waals surface area contributed by atoms with Gasteiger partial charge < -0.3 is 19.5 Å². The number of nitrogens with zero attached hydrogens (tertiary/aromatic N) is 2. The van der Waals surface area contributed by atoms with Crippen molar-refractivity contribution in [1.29, 1.82) is 0 Å². The van der Waals surface area contributed by atoms with Crippen molar-refractivity contribution in [3.05, 3.63) is 102 Å². The van der Waals surface area contributed by atoms with Crippen LogP contribution in [0.3, 0.4) is 0 Å². The third kappa shape index (κ3) is 7.98. The van der Waals surface area contributed by atoms with E-state index in [0.717, 1.165) is 82.0 Å². The molecule has 2 aliphatic heterocycles. The number of phenols is 1. The number of hydrogen-bond donors (Lipinski definition) is 1. The zero-order valence-corrected chi connectivity index (χ0v) is 32.4. The van der Waals surface area contributed by atoms with Crippen LogP contribution >= 0.6 is 0 Å². The van der Waals surface area contributed by atoms with Crippen LogP contribution in [0.4, 0.5) is 0 Å². The molecule has 54 heavy (non-hydrogen) atoms. The third-order valence-electron chi connectivity index (χ3n) is 13.0. The molecule has 1 spiro atoms. The van der Waals surface area contributed by atoms with Crippen LogP contribution in [0.15, 0.2) is 79.4 Å². The Morgan fingerprint density at radius 2 is 1.57 bits per heavy atom. The van der Waals surface area contributed by atoms with Gasteiger partial charge >= 0.3 is 5.97 Å². The van der Waals surface area contributed by atoms with Gasteiger partial charge in [0.05, 0.1) is 6.04 Å². The summed E-state index contributed by atoms with van der Waals surface area (Å²) in [5.41, 5.74) is 4.30. The monoisotopic (exact) mass is 732 g/mol. The lowest BCUT2D eigenvalue weighted by Crippen LogP contribution is -2.69. The van der Waals surface area contributed by atoms with Crippen LogP contribution in [-0.4, -0.2) is 64.6 Å². The summed E-state index contributed by atoms with van der Waals surface area (Å²) < 4.78 is 12.8. The molecule has 1 saturated carbocycles. The van der Waals surface area contributed by atoms with E-state index in [-0.39, 0.29) is 35.3 Å². The number of esters is 1. The van der Waals surface area contributed by atoms with Crippen LogP contribution in [0.5, 0.6) is 17.2 Å². The number of aromatic hydroxyl groups is 1. The molecule has 7 heteroatoms. The molecule has 1 amide bonds. The van der Waals surface area contributed by atoms with Crippen molar-refractivity contribution >= 4 is 11.9 Å². The highest BCUT2D eigenvalue weighted by Crippen LogP contribution is 2.65. The molecule has 0 unspecified atom stereocenters. The molecule has 5 atom stereocenters. The molecular formula is C47H60N2O5. The maximum Gasteiger partial charge on any atom is 0.308 e. The zero-order chi connectivity index (χ0) is 37.5. The van der Waals surface area contributed by atoms with E-state index in [2.05, 4.69) is 71.0 Å². The summed E-state index contributed by atoms with van der Waals surface area (Å²) in [5, 5.41) is 11.4. The minimum absolute atomic E-state index is 0.0994. The van der Waals surface area contributed by atoms with E-state index in [9.17, 15) is 14.7 Å². The van der Waals surface area contributed by atoms with E-state index < -0.39 is 5.97 Å². The van der Waals surface area contributed by atoms with Crippen molar-refractivity contribution < 1.29 is 24.2 Å². The molecule has 2 fully saturated rings. The first-order chi connectivity index (χ1) is 26.4. The van der Waals surface area contributed by atoms with Gasteiger partial charge in [-0.25, -0.2) is 0 Å². The number of amides is 1. The van der Waals surface area contributed by atoms with Crippen molar-refractivity contribution in [1.82, 2.24) is 9.80 Å². The van der Waals surface area contributed by atoms with Gasteiger partial charge in [0.1, 0.15) is 11.9 Å². The number of carbonyl (C=O) groups is 2. The van der Waals surface area contributed by atoms with Gasteiger partial charge in [0.25, 0.3) is 0 Å². The third-order valence-corrected chi connectivity index (χ3v) is 13.0. The lowest BCUT2D eigenvalue weighted by molar-refractivity contribution is -0.142. The molecule has 3 aromatic rings. The number of ether oxygens (including phenoxy) is 2. The fraction of sp³-hybridized carbons (Fsp3) is 0.532. The molecule has 7 rings (SSSR count). The predicted molar refractivity (Wildman–Crippen MR) is 214 cm³/mol. The second-order valence-corrected chi connectivity index (χ2v) is 16.3. The summed E-state index contributed by atoms with van der Waals surface area (Å²) in [6, 6.07) is 23.0. The largest absolute Gasteiger partial charge is 0.508 e. The van der Waals surface area contributed by atoms with Gasteiger partial charge in [-0.05, 0) is 81.4 Å². The van der Waals surface area contributed by atoms with Crippen LogP contribution in [0.1, 0.15) is 113 Å². The standard InChI is InChI=1S/C47H60N2O5/c1-3-29-48-31-28-47-38-26-27-39(46(47)54-45-42(53-34(2)50)33-41(51)37(44(45)47)32-40(38)48)49(30-18-24-36-22-15-11-16-23-36)43(52)25-17-9-7-5-4-6-8-12-19-35-20-13-10-14-21-35/h3,10-11,13-16,20-23,33,38-40,46,51H,1,4-9,12,17-19,24-32H2,2H3/t38-,39-,40+,46-,47-/m0/s1. The number of unbranched alkanes of at least 4 members (excludes halogenated alkanes) is 7. The van der Waals surface area contributed by atoms with E-state index in [1.54, 1.807) is 6.07 Å². The average Bonchev–Trinajstić information content (AvgIpc) is 3.52. The first kappa shape index (κ1) is 38.2. The van der Waals surface area contributed by atoms with Gasteiger partial charge in [0.2, 0.25) is 5.91 Å². The van der Waals surface area contributed by atoms with Crippen LogP contribution in [-0.2, 0) is 34.3 Å². The quantitative estimate of drug-likeness (QED) is 0.0574. The number of aryl methyl sites for hydroxylation is 2. The molecule has 1 N–H and O–H groups in total. The lowest BCUT2D eigenvalue weighted by atomic mass is 9.50. The van der Waals surface area contributed by atoms with Crippen molar-refractivity contribution in [2.24, 2.45) is 5.92 Å². The van der Waals surface area contributed by atoms with Crippen LogP contribution in [0.25, 0.3) is 0 Å². The van der Waals surface area contributed by atoms with Crippen LogP contribution in [0.2, 0.25) is 0 Å². The molecule has 2 aliphatic carbocycles. The Bertz CT molecular complexity index is 1740. The zero-order valence-electron chi connectivity index (χ0n) is 32.4. The molecule has 1 saturated heterocycles. The SMILES string of the molecule is C=CCN1CC[C@]23c4c5c(O)cc(OC(C)=O)c4O[C@H]2[C@@H](N(CCCc2ccccc2)C(=O)CCCCCCCCCCc2ccccc2)CC[C@H]3[C@H]1C5. The summed E-state index contributed by atoms with van der Waals surface area (Å²) in [6.45, 7) is 7.82. The second-order valence-electron chi connectivity index (χ2n) is 16.3. The van der Waals surface area contributed by atoms with E-state index in [1.165, 1.54) is 56.6 Å². The van der Waals surface area contributed by atoms with Crippen molar-refractivity contribution in [2.75, 3.05) is 19.6 Å². The maximum absolute atomic E-state index is 14.4. The minimum atomic E-state index is -0.440. The molecule has 0 aromatic heterocycles. The lowest BCUT2D eigenvalue weighted by Gasteiger charge is -2.60. The first-order valence-corrected chi connectivity index (χ1v) is 20.9. The predicted octanol–water partition coefficient (Wildman–Crippen LogP) is 9.13. The molecule has 3 aromatic carbocycles. The number of piperidine rings is 1. The Morgan fingerprint density at radius 1 is 0.926 bits per heavy atom. The van der Waals surface area contributed by atoms with E-state index in [0.29, 0.717) is 30.4 Å². The molecule has 2 bridgehead atoms. The van der Waals surface area contributed by atoms with Gasteiger partial charge in [-0.15, -0.1) is 6.58 Å². The second kappa shape index (κ2) is 17.6. The summed E-state index contributed by atoms with van der Waals surface area (Å²) >= 11 is 0. The fourth-order valence-electron chi connectivity index (χ4n) is 10.6. The Morgan fingerprint density at radius 3 is 2.24 bits per heavy atom. The Balaban J connectivity index is 1.05. The van der Waals surface area contributed by atoms with Gasteiger partial charge in [0, 0.05) is 55.1 Å². The van der Waals surface area contributed by atoms with E-state index >= 15 is 0 Å². The van der Waals surface area contributed by atoms with Crippen molar-refractivity contribution in [2.45, 2.75) is 133 Å². The highest BCUT2D eigenvalue weighted by Gasteiger charge is 2.67. The molecule has 0 radical (unpaired) electrons. The van der Waals surface area contributed by atoms with Crippen LogP contribution in [0, 0.1) is 5.92 Å². The topological polar surface area (TPSA) is 79.3 Å². The molecule has 288 valence electrons. The summed E-state index contributed by atoms with van der Waals surface area (Å²) in [4.78, 5) is 31.4.